The summed E-state index contributed by atoms with van der Waals surface area (Å²) in [5, 5.41) is 0. The summed E-state index contributed by atoms with van der Waals surface area (Å²) in [6.07, 6.45) is 5.30. The molecule has 18 heavy (non-hydrogen) atoms. The summed E-state index contributed by atoms with van der Waals surface area (Å²) in [7, 11) is -3.32. The van der Waals surface area contributed by atoms with E-state index in [9.17, 15) is 0 Å². The average Bonchev–Trinajstić information content (AvgIpc) is 2.28. The maximum Gasteiger partial charge on any atom is 0.210 e. The van der Waals surface area contributed by atoms with Crippen molar-refractivity contribution in [2.75, 3.05) is 0 Å². The molecule has 1 rings (SSSR count). The molecule has 0 N–H and O–H groups in total. The predicted molar refractivity (Wildman–Crippen MR) is 83.6 cm³/mol. The minimum absolute atomic E-state index is 0.359. The van der Waals surface area contributed by atoms with Gasteiger partial charge in [-0.25, -0.2) is 0 Å². The molecule has 0 aromatic heterocycles. The van der Waals surface area contributed by atoms with E-state index in [1.54, 1.807) is 0 Å². The maximum atomic E-state index is 6.24. The highest BCUT2D eigenvalue weighted by Gasteiger charge is 2.31. The van der Waals surface area contributed by atoms with Gasteiger partial charge < -0.3 is 8.85 Å². The normalized spacial score (nSPS) is 25.8. The molecule has 0 aliphatic heterocycles. The fourth-order valence-electron chi connectivity index (χ4n) is 2.27. The molecule has 0 aromatic carbocycles. The van der Waals surface area contributed by atoms with Gasteiger partial charge in [0.15, 0.2) is 0 Å². The second-order valence-corrected chi connectivity index (χ2v) is 14.0. The molecule has 0 saturated heterocycles. The summed E-state index contributed by atoms with van der Waals surface area (Å²) >= 11 is 0. The largest absolute Gasteiger partial charge is 0.411 e. The highest BCUT2D eigenvalue weighted by atomic mass is 28.4. The second-order valence-electron chi connectivity index (χ2n) is 6.26. The zero-order chi connectivity index (χ0) is 13.8. The lowest BCUT2D eigenvalue weighted by Gasteiger charge is -2.36. The van der Waals surface area contributed by atoms with Crippen LogP contribution in [0.1, 0.15) is 25.7 Å². The van der Waals surface area contributed by atoms with E-state index in [1.807, 2.05) is 11.4 Å². The third-order valence-electron chi connectivity index (χ3n) is 3.50. The summed E-state index contributed by atoms with van der Waals surface area (Å²) in [6, 6.07) is 0. The molecule has 2 atom stereocenters. The zero-order valence-electron chi connectivity index (χ0n) is 12.4. The molecule has 2 nitrogen and oxygen atoms in total. The molecule has 1 aliphatic rings. The van der Waals surface area contributed by atoms with Crippen molar-refractivity contribution >= 4 is 16.6 Å². The first-order valence-corrected chi connectivity index (χ1v) is 12.9. The van der Waals surface area contributed by atoms with Crippen LogP contribution in [0.15, 0.2) is 24.6 Å². The highest BCUT2D eigenvalue weighted by Crippen LogP contribution is 2.28. The smallest absolute Gasteiger partial charge is 0.210 e. The van der Waals surface area contributed by atoms with Gasteiger partial charge in [-0.15, -0.1) is 13.2 Å². The molecule has 0 aromatic rings. The Morgan fingerprint density at radius 1 is 0.889 bits per heavy atom. The first-order valence-electron chi connectivity index (χ1n) is 6.91. The molecular formula is C14H28O2Si2. The Kier molecular flexibility index (Phi) is 5.58. The van der Waals surface area contributed by atoms with Crippen molar-refractivity contribution in [2.45, 2.75) is 64.1 Å². The number of rotatable bonds is 6. The lowest BCUT2D eigenvalue weighted by Crippen LogP contribution is -2.41. The zero-order valence-corrected chi connectivity index (χ0v) is 14.4. The summed E-state index contributed by atoms with van der Waals surface area (Å²) < 4.78 is 12.5. The van der Waals surface area contributed by atoms with Crippen LogP contribution in [0, 0.1) is 0 Å². The van der Waals surface area contributed by atoms with Crippen molar-refractivity contribution in [2.24, 2.45) is 0 Å². The summed E-state index contributed by atoms with van der Waals surface area (Å²) in [6.45, 7) is 16.6. The van der Waals surface area contributed by atoms with Crippen LogP contribution in [-0.4, -0.2) is 28.8 Å². The fourth-order valence-corrected chi connectivity index (χ4v) is 4.61. The van der Waals surface area contributed by atoms with Crippen LogP contribution in [0.5, 0.6) is 0 Å². The van der Waals surface area contributed by atoms with E-state index in [4.69, 9.17) is 8.85 Å². The second kappa shape index (κ2) is 6.32. The third kappa shape index (κ3) is 5.22. The first-order chi connectivity index (χ1) is 8.28. The van der Waals surface area contributed by atoms with E-state index in [-0.39, 0.29) is 0 Å². The van der Waals surface area contributed by atoms with Crippen LogP contribution < -0.4 is 0 Å². The van der Waals surface area contributed by atoms with Gasteiger partial charge in [0.05, 0.1) is 0 Å². The van der Waals surface area contributed by atoms with Gasteiger partial charge >= 0.3 is 0 Å². The van der Waals surface area contributed by atoms with Crippen molar-refractivity contribution in [3.63, 3.8) is 0 Å². The third-order valence-corrected chi connectivity index (χ3v) is 7.35. The van der Waals surface area contributed by atoms with E-state index in [2.05, 4.69) is 39.3 Å². The van der Waals surface area contributed by atoms with Crippen molar-refractivity contribution < 1.29 is 8.85 Å². The van der Waals surface area contributed by atoms with E-state index in [0.717, 1.165) is 6.42 Å². The van der Waals surface area contributed by atoms with Crippen LogP contribution in [0.2, 0.25) is 26.2 Å². The van der Waals surface area contributed by atoms with Gasteiger partial charge in [0.2, 0.25) is 16.6 Å². The summed E-state index contributed by atoms with van der Waals surface area (Å²) in [4.78, 5) is 0. The van der Waals surface area contributed by atoms with Crippen LogP contribution in [0.3, 0.4) is 0 Å². The minimum atomic E-state index is -1.66. The fraction of sp³-hybridized carbons (Fsp3) is 0.714. The Labute approximate surface area is 114 Å². The van der Waals surface area contributed by atoms with Crippen molar-refractivity contribution in [3.8, 4) is 0 Å². The maximum absolute atomic E-state index is 6.24. The molecule has 0 radical (unpaired) electrons. The Morgan fingerprint density at radius 3 is 1.61 bits per heavy atom. The molecule has 104 valence electrons. The van der Waals surface area contributed by atoms with Gasteiger partial charge in [-0.3, -0.25) is 0 Å². The molecule has 1 saturated carbocycles. The molecule has 0 spiro atoms. The number of hydrogen-bond acceptors (Lipinski definition) is 2. The SMILES string of the molecule is C=C[Si](C)(C)OC1CCCC(O[Si](C)(C)C=C)C1. The van der Waals surface area contributed by atoms with Crippen LogP contribution in [0.4, 0.5) is 0 Å². The van der Waals surface area contributed by atoms with Crippen molar-refractivity contribution in [1.82, 2.24) is 0 Å². The Hall–Kier alpha value is -0.166. The van der Waals surface area contributed by atoms with Crippen LogP contribution >= 0.6 is 0 Å². The standard InChI is InChI=1S/C14H28O2Si2/c1-7-17(3,4)15-13-10-9-11-14(12-13)16-18(5,6)8-2/h7-8,13-14H,1-2,9-12H2,3-6H3. The van der Waals surface area contributed by atoms with Crippen molar-refractivity contribution in [3.05, 3.63) is 24.6 Å². The van der Waals surface area contributed by atoms with E-state index in [1.165, 1.54) is 19.3 Å². The monoisotopic (exact) mass is 284 g/mol. The average molecular weight is 285 g/mol. The molecule has 4 heteroatoms. The van der Waals surface area contributed by atoms with Crippen LogP contribution in [0.25, 0.3) is 0 Å². The Bertz CT molecular complexity index is 272. The van der Waals surface area contributed by atoms with Crippen molar-refractivity contribution in [1.29, 1.82) is 0 Å². The van der Waals surface area contributed by atoms with Crippen LogP contribution in [-0.2, 0) is 8.85 Å². The Morgan fingerprint density at radius 2 is 1.28 bits per heavy atom. The minimum Gasteiger partial charge on any atom is -0.411 e. The molecule has 0 amide bonds. The first kappa shape index (κ1) is 15.9. The summed E-state index contributed by atoms with van der Waals surface area (Å²) in [5.41, 5.74) is 4.03. The molecule has 1 aliphatic carbocycles. The topological polar surface area (TPSA) is 18.5 Å². The van der Waals surface area contributed by atoms with Gasteiger partial charge in [0.25, 0.3) is 0 Å². The van der Waals surface area contributed by atoms with Gasteiger partial charge in [-0.05, 0) is 51.9 Å². The molecular weight excluding hydrogens is 256 g/mol. The van der Waals surface area contributed by atoms with E-state index in [0.29, 0.717) is 12.2 Å². The molecule has 2 unspecified atom stereocenters. The molecule has 0 heterocycles. The quantitative estimate of drug-likeness (QED) is 0.681. The number of hydrogen-bond donors (Lipinski definition) is 0. The van der Waals surface area contributed by atoms with Gasteiger partial charge in [-0.2, -0.15) is 0 Å². The van der Waals surface area contributed by atoms with Gasteiger partial charge in [0, 0.05) is 12.2 Å². The summed E-state index contributed by atoms with van der Waals surface area (Å²) in [5.74, 6) is 0. The van der Waals surface area contributed by atoms with E-state index >= 15 is 0 Å². The molecule has 0 bridgehead atoms. The lowest BCUT2D eigenvalue weighted by atomic mass is 9.95. The predicted octanol–water partition coefficient (Wildman–Crippen LogP) is 4.19. The van der Waals surface area contributed by atoms with E-state index < -0.39 is 16.6 Å². The lowest BCUT2D eigenvalue weighted by molar-refractivity contribution is 0.0618. The highest BCUT2D eigenvalue weighted by molar-refractivity contribution is 6.76. The molecule has 1 fully saturated rings. The van der Waals surface area contributed by atoms with Gasteiger partial charge in [-0.1, -0.05) is 11.4 Å². The Balaban J connectivity index is 2.51. The van der Waals surface area contributed by atoms with Gasteiger partial charge in [0.1, 0.15) is 0 Å².